The molecular weight excluding hydrogens is 252 g/mol. The molecule has 1 aromatic carbocycles. The summed E-state index contributed by atoms with van der Waals surface area (Å²) in [6.07, 6.45) is -3.75. The number of hydrogen-bond donors (Lipinski definition) is 1. The van der Waals surface area contributed by atoms with Gasteiger partial charge in [0.05, 0.1) is 5.56 Å². The van der Waals surface area contributed by atoms with E-state index in [1.165, 1.54) is 6.92 Å². The van der Waals surface area contributed by atoms with E-state index in [1.54, 1.807) is 0 Å². The Morgan fingerprint density at radius 2 is 2.00 bits per heavy atom. The lowest BCUT2D eigenvalue weighted by Gasteiger charge is -2.11. The van der Waals surface area contributed by atoms with Crippen molar-refractivity contribution in [1.82, 2.24) is 0 Å². The van der Waals surface area contributed by atoms with E-state index >= 15 is 0 Å². The van der Waals surface area contributed by atoms with Crippen LogP contribution in [-0.4, -0.2) is 11.1 Å². The van der Waals surface area contributed by atoms with Gasteiger partial charge in [0.2, 0.25) is 0 Å². The molecule has 1 rings (SSSR count). The molecule has 0 aromatic heterocycles. The van der Waals surface area contributed by atoms with Gasteiger partial charge in [-0.2, -0.15) is 13.2 Å². The van der Waals surface area contributed by atoms with Gasteiger partial charge in [0.15, 0.2) is 0 Å². The fraction of sp³-hybridized carbons (Fsp3) is 0.250. The standard InChI is InChI=1S/C12H10F4O2/c1-2-7(11(17)18)5-8-3-4-9(13)6-10(8)12(14,15)16/h3-6H,2H2,1H3,(H,17,18). The molecule has 0 saturated heterocycles. The number of carboxylic acids is 1. The number of hydrogen-bond acceptors (Lipinski definition) is 1. The quantitative estimate of drug-likeness (QED) is 0.665. The Kier molecular flexibility index (Phi) is 4.11. The van der Waals surface area contributed by atoms with Crippen molar-refractivity contribution in [1.29, 1.82) is 0 Å². The monoisotopic (exact) mass is 262 g/mol. The number of aliphatic carboxylic acids is 1. The highest BCUT2D eigenvalue weighted by Gasteiger charge is 2.33. The van der Waals surface area contributed by atoms with Crippen LogP contribution >= 0.6 is 0 Å². The second-order valence-corrected chi connectivity index (χ2v) is 3.56. The summed E-state index contributed by atoms with van der Waals surface area (Å²) in [5.41, 5.74) is -1.72. The second kappa shape index (κ2) is 5.20. The van der Waals surface area contributed by atoms with Crippen LogP contribution in [0.5, 0.6) is 0 Å². The Bertz CT molecular complexity index is 489. The molecule has 0 unspecified atom stereocenters. The molecule has 1 N–H and O–H groups in total. The van der Waals surface area contributed by atoms with Gasteiger partial charge in [-0.1, -0.05) is 13.0 Å². The van der Waals surface area contributed by atoms with Gasteiger partial charge in [-0.15, -0.1) is 0 Å². The zero-order valence-corrected chi connectivity index (χ0v) is 9.38. The first-order valence-corrected chi connectivity index (χ1v) is 5.06. The third kappa shape index (κ3) is 3.32. The van der Waals surface area contributed by atoms with E-state index in [4.69, 9.17) is 5.11 Å². The lowest BCUT2D eigenvalue weighted by molar-refractivity contribution is -0.138. The molecule has 0 bridgehead atoms. The normalized spacial score (nSPS) is 12.6. The molecular formula is C12H10F4O2. The predicted octanol–water partition coefficient (Wildman–Crippen LogP) is 3.72. The van der Waals surface area contributed by atoms with Gasteiger partial charge >= 0.3 is 12.1 Å². The average molecular weight is 262 g/mol. The Labute approximate surface area is 101 Å². The van der Waals surface area contributed by atoms with E-state index in [9.17, 15) is 22.4 Å². The van der Waals surface area contributed by atoms with Crippen molar-refractivity contribution < 1.29 is 27.5 Å². The zero-order valence-electron chi connectivity index (χ0n) is 9.38. The highest BCUT2D eigenvalue weighted by atomic mass is 19.4. The second-order valence-electron chi connectivity index (χ2n) is 3.56. The molecule has 0 aliphatic rings. The Morgan fingerprint density at radius 3 is 2.44 bits per heavy atom. The Balaban J connectivity index is 3.37. The largest absolute Gasteiger partial charge is 0.478 e. The van der Waals surface area contributed by atoms with Gasteiger partial charge in [-0.25, -0.2) is 9.18 Å². The first kappa shape index (κ1) is 14.2. The van der Waals surface area contributed by atoms with E-state index < -0.39 is 23.5 Å². The van der Waals surface area contributed by atoms with Crippen LogP contribution in [0.4, 0.5) is 17.6 Å². The van der Waals surface area contributed by atoms with Crippen LogP contribution in [-0.2, 0) is 11.0 Å². The lowest BCUT2D eigenvalue weighted by Crippen LogP contribution is -2.09. The number of carbonyl (C=O) groups is 1. The zero-order chi connectivity index (χ0) is 13.9. The maximum atomic E-state index is 12.8. The van der Waals surface area contributed by atoms with Crippen LogP contribution in [0, 0.1) is 5.82 Å². The summed E-state index contributed by atoms with van der Waals surface area (Å²) in [5, 5.41) is 8.76. The van der Waals surface area contributed by atoms with Crippen LogP contribution in [0.3, 0.4) is 0 Å². The summed E-state index contributed by atoms with van der Waals surface area (Å²) in [4.78, 5) is 10.7. The molecule has 18 heavy (non-hydrogen) atoms. The number of halogens is 4. The summed E-state index contributed by atoms with van der Waals surface area (Å²) in [7, 11) is 0. The van der Waals surface area contributed by atoms with Crippen molar-refractivity contribution in [3.05, 3.63) is 40.7 Å². The van der Waals surface area contributed by atoms with Crippen molar-refractivity contribution >= 4 is 12.0 Å². The first-order valence-electron chi connectivity index (χ1n) is 5.06. The van der Waals surface area contributed by atoms with Crippen LogP contribution in [0.2, 0.25) is 0 Å². The third-order valence-electron chi connectivity index (χ3n) is 2.31. The summed E-state index contributed by atoms with van der Waals surface area (Å²) in [6, 6.07) is 2.12. The molecule has 0 radical (unpaired) electrons. The fourth-order valence-electron chi connectivity index (χ4n) is 1.40. The van der Waals surface area contributed by atoms with E-state index in [2.05, 4.69) is 0 Å². The molecule has 1 aromatic rings. The maximum Gasteiger partial charge on any atom is 0.417 e. The smallest absolute Gasteiger partial charge is 0.417 e. The number of alkyl halides is 3. The van der Waals surface area contributed by atoms with E-state index in [1.807, 2.05) is 0 Å². The van der Waals surface area contributed by atoms with E-state index in [-0.39, 0.29) is 17.6 Å². The molecule has 2 nitrogen and oxygen atoms in total. The number of benzene rings is 1. The minimum atomic E-state index is -4.73. The third-order valence-corrected chi connectivity index (χ3v) is 2.31. The summed E-state index contributed by atoms with van der Waals surface area (Å²) in [6.45, 7) is 1.51. The summed E-state index contributed by atoms with van der Waals surface area (Å²) < 4.78 is 50.7. The van der Waals surface area contributed by atoms with Crippen molar-refractivity contribution in [3.8, 4) is 0 Å². The van der Waals surface area contributed by atoms with Gasteiger partial charge in [-0.3, -0.25) is 0 Å². The fourth-order valence-corrected chi connectivity index (χ4v) is 1.40. The molecule has 0 amide bonds. The van der Waals surface area contributed by atoms with Crippen molar-refractivity contribution in [3.63, 3.8) is 0 Å². The molecule has 0 aliphatic heterocycles. The molecule has 0 aliphatic carbocycles. The van der Waals surface area contributed by atoms with Crippen LogP contribution in [0.15, 0.2) is 23.8 Å². The minimum absolute atomic E-state index is 0.0734. The summed E-state index contributed by atoms with van der Waals surface area (Å²) >= 11 is 0. The van der Waals surface area contributed by atoms with Gasteiger partial charge in [0.1, 0.15) is 5.82 Å². The van der Waals surface area contributed by atoms with Crippen LogP contribution in [0.1, 0.15) is 24.5 Å². The Hall–Kier alpha value is -1.85. The van der Waals surface area contributed by atoms with Gasteiger partial charge in [0.25, 0.3) is 0 Å². The number of rotatable bonds is 3. The molecule has 0 spiro atoms. The van der Waals surface area contributed by atoms with Crippen molar-refractivity contribution in [2.24, 2.45) is 0 Å². The van der Waals surface area contributed by atoms with E-state index in [0.717, 1.165) is 18.2 Å². The SMILES string of the molecule is CCC(=Cc1ccc(F)cc1C(F)(F)F)C(=O)O. The highest BCUT2D eigenvalue weighted by molar-refractivity contribution is 5.92. The molecule has 6 heteroatoms. The molecule has 0 saturated carbocycles. The topological polar surface area (TPSA) is 37.3 Å². The molecule has 0 atom stereocenters. The highest BCUT2D eigenvalue weighted by Crippen LogP contribution is 2.33. The predicted molar refractivity (Wildman–Crippen MR) is 57.3 cm³/mol. The van der Waals surface area contributed by atoms with Crippen LogP contribution in [0.25, 0.3) is 6.08 Å². The maximum absolute atomic E-state index is 12.8. The lowest BCUT2D eigenvalue weighted by atomic mass is 10.0. The van der Waals surface area contributed by atoms with Crippen molar-refractivity contribution in [2.45, 2.75) is 19.5 Å². The molecule has 98 valence electrons. The molecule has 0 fully saturated rings. The first-order chi connectivity index (χ1) is 8.25. The van der Waals surface area contributed by atoms with Crippen molar-refractivity contribution in [2.75, 3.05) is 0 Å². The number of carboxylic acid groups (broad SMARTS) is 1. The Morgan fingerprint density at radius 1 is 1.39 bits per heavy atom. The van der Waals surface area contributed by atoms with Gasteiger partial charge < -0.3 is 5.11 Å². The minimum Gasteiger partial charge on any atom is -0.478 e. The molecule has 0 heterocycles. The van der Waals surface area contributed by atoms with Gasteiger partial charge in [-0.05, 0) is 30.2 Å². The van der Waals surface area contributed by atoms with E-state index in [0.29, 0.717) is 6.07 Å². The average Bonchev–Trinajstić information content (AvgIpc) is 2.25. The van der Waals surface area contributed by atoms with Gasteiger partial charge in [0, 0.05) is 5.57 Å². The summed E-state index contributed by atoms with van der Waals surface area (Å²) in [5.74, 6) is -2.32. The van der Waals surface area contributed by atoms with Crippen LogP contribution < -0.4 is 0 Å².